The van der Waals surface area contributed by atoms with Gasteiger partial charge in [0, 0.05) is 13.1 Å². The Hall–Kier alpha value is -4.78. The number of hydrogen-bond donors (Lipinski definition) is 3. The molecule has 178 valence electrons. The van der Waals surface area contributed by atoms with Gasteiger partial charge in [-0.1, -0.05) is 36.4 Å². The number of nitrogens with one attached hydrogen (secondary N) is 2. The molecule has 0 fully saturated rings. The Bertz CT molecular complexity index is 1310. The number of ether oxygens (including phenoxy) is 2. The molecular weight excluding hydrogens is 450 g/mol. The highest BCUT2D eigenvalue weighted by Gasteiger charge is 2.43. The van der Waals surface area contributed by atoms with Crippen LogP contribution in [0.15, 0.2) is 71.2 Å². The van der Waals surface area contributed by atoms with Crippen molar-refractivity contribution in [1.82, 2.24) is 5.32 Å². The predicted molar refractivity (Wildman–Crippen MR) is 127 cm³/mol. The fourth-order valence-corrected chi connectivity index (χ4v) is 4.32. The van der Waals surface area contributed by atoms with Crippen molar-refractivity contribution in [2.75, 3.05) is 37.5 Å². The van der Waals surface area contributed by atoms with Crippen molar-refractivity contribution in [2.24, 2.45) is 5.73 Å². The molecule has 0 spiro atoms. The van der Waals surface area contributed by atoms with E-state index in [1.807, 2.05) is 0 Å². The number of hydrogen-bond acceptors (Lipinski definition) is 9. The number of fused-ring (bicyclic) bond motifs is 1. The molecule has 10 heteroatoms. The van der Waals surface area contributed by atoms with Crippen LogP contribution in [-0.4, -0.2) is 45.2 Å². The first kappa shape index (κ1) is 23.4. The number of carbonyl (C=O) groups is 3. The summed E-state index contributed by atoms with van der Waals surface area (Å²) in [6.45, 7) is 0.789. The molecule has 2 aromatic carbocycles. The van der Waals surface area contributed by atoms with E-state index in [1.54, 1.807) is 48.5 Å². The topological polar surface area (TPSA) is 147 Å². The number of nitrogens with two attached hydrogens (primary N) is 1. The molecule has 1 atom stereocenters. The van der Waals surface area contributed by atoms with Gasteiger partial charge in [-0.3, -0.25) is 9.69 Å². The molecule has 2 aromatic rings. The van der Waals surface area contributed by atoms with Crippen LogP contribution in [0.25, 0.3) is 0 Å². The molecule has 0 aliphatic carbocycles. The van der Waals surface area contributed by atoms with Crippen LogP contribution in [0, 0.1) is 11.3 Å². The maximum absolute atomic E-state index is 13.2. The lowest BCUT2D eigenvalue weighted by Gasteiger charge is -2.36. The highest BCUT2D eigenvalue weighted by molar-refractivity contribution is 6.09. The van der Waals surface area contributed by atoms with E-state index in [1.165, 1.54) is 19.1 Å². The lowest BCUT2D eigenvalue weighted by atomic mass is 9.81. The predicted octanol–water partition coefficient (Wildman–Crippen LogP) is 1.74. The number of nitrogens with zero attached hydrogens (tertiary/aromatic N) is 2. The molecule has 35 heavy (non-hydrogen) atoms. The Balaban J connectivity index is 2.08. The van der Waals surface area contributed by atoms with Crippen LogP contribution in [0.3, 0.4) is 0 Å². The van der Waals surface area contributed by atoms with E-state index in [0.29, 0.717) is 35.6 Å². The minimum Gasteiger partial charge on any atom is -0.466 e. The van der Waals surface area contributed by atoms with Crippen LogP contribution in [-0.2, 0) is 19.1 Å². The molecule has 2 heterocycles. The van der Waals surface area contributed by atoms with Crippen molar-refractivity contribution in [3.8, 4) is 6.07 Å². The van der Waals surface area contributed by atoms with Gasteiger partial charge >= 0.3 is 11.9 Å². The van der Waals surface area contributed by atoms with Gasteiger partial charge in [-0.05, 0) is 17.7 Å². The number of amides is 1. The molecule has 10 nitrogen and oxygen atoms in total. The minimum atomic E-state index is -0.974. The average Bonchev–Trinajstić information content (AvgIpc) is 3.08. The quantitative estimate of drug-likeness (QED) is 0.565. The van der Waals surface area contributed by atoms with Gasteiger partial charge < -0.3 is 25.8 Å². The lowest BCUT2D eigenvalue weighted by molar-refractivity contribution is -0.139. The second-order valence-electron chi connectivity index (χ2n) is 7.72. The van der Waals surface area contributed by atoms with Crippen LogP contribution < -0.4 is 21.3 Å². The number of carbonyl (C=O) groups excluding carboxylic acids is 3. The van der Waals surface area contributed by atoms with Crippen LogP contribution in [0.4, 0.5) is 11.4 Å². The molecule has 0 radical (unpaired) electrons. The smallest absolute Gasteiger partial charge is 0.355 e. The van der Waals surface area contributed by atoms with Crippen LogP contribution in [0.5, 0.6) is 0 Å². The molecule has 0 bridgehead atoms. The Morgan fingerprint density at radius 2 is 1.71 bits per heavy atom. The summed E-state index contributed by atoms with van der Waals surface area (Å²) in [6.07, 6.45) is 0. The highest BCUT2D eigenvalue weighted by Crippen LogP contribution is 2.45. The summed E-state index contributed by atoms with van der Waals surface area (Å²) in [7, 11) is 2.36. The van der Waals surface area contributed by atoms with Crippen molar-refractivity contribution >= 4 is 29.2 Å². The third kappa shape index (κ3) is 3.93. The number of allylic oxidation sites excluding steroid dienone is 1. The van der Waals surface area contributed by atoms with Gasteiger partial charge in [0.2, 0.25) is 0 Å². The summed E-state index contributed by atoms with van der Waals surface area (Å²) < 4.78 is 10.1. The minimum absolute atomic E-state index is 0.0416. The van der Waals surface area contributed by atoms with Gasteiger partial charge in [-0.25, -0.2) is 9.59 Å². The lowest BCUT2D eigenvalue weighted by Crippen LogP contribution is -2.41. The van der Waals surface area contributed by atoms with Crippen LogP contribution in [0.2, 0.25) is 0 Å². The number of esters is 2. The second-order valence-corrected chi connectivity index (χ2v) is 7.72. The molecule has 1 unspecified atom stereocenters. The highest BCUT2D eigenvalue weighted by atomic mass is 16.5. The zero-order chi connectivity index (χ0) is 25.1. The summed E-state index contributed by atoms with van der Waals surface area (Å²) >= 11 is 0. The van der Waals surface area contributed by atoms with E-state index in [0.717, 1.165) is 0 Å². The fraction of sp³-hybridized carbons (Fsp3) is 0.200. The molecule has 4 rings (SSSR count). The van der Waals surface area contributed by atoms with E-state index in [9.17, 15) is 19.6 Å². The van der Waals surface area contributed by atoms with Gasteiger partial charge in [0.25, 0.3) is 5.91 Å². The van der Waals surface area contributed by atoms with Gasteiger partial charge in [0.05, 0.1) is 54.3 Å². The number of rotatable bonds is 4. The molecule has 2 aliphatic rings. The van der Waals surface area contributed by atoms with Crippen LogP contribution >= 0.6 is 0 Å². The summed E-state index contributed by atoms with van der Waals surface area (Å²) in [5, 5.41) is 16.1. The third-order valence-corrected chi connectivity index (χ3v) is 5.85. The molecule has 0 saturated heterocycles. The number of anilines is 2. The number of nitriles is 1. The SMILES string of the molecule is COC(=O)C1=C(C(=O)OC)N(c2cccc3c2NCCNC3=O)C(N)=C(C#N)C1c1ccccc1. The van der Waals surface area contributed by atoms with Crippen molar-refractivity contribution in [2.45, 2.75) is 5.92 Å². The summed E-state index contributed by atoms with van der Waals surface area (Å²) in [6, 6.07) is 15.7. The maximum Gasteiger partial charge on any atom is 0.355 e. The standard InChI is InChI=1S/C25H23N5O5/c1-34-24(32)19-18(14-7-4-3-5-8-14)16(13-26)22(27)30(21(19)25(33)35-2)17-10-6-9-15-20(17)28-11-12-29-23(15)31/h3-10,18,28H,11-12,27H2,1-2H3,(H,29,31). The average molecular weight is 473 g/mol. The zero-order valence-corrected chi connectivity index (χ0v) is 19.1. The molecule has 0 aromatic heterocycles. The molecular formula is C25H23N5O5. The second kappa shape index (κ2) is 9.61. The number of benzene rings is 2. The Morgan fingerprint density at radius 1 is 1.03 bits per heavy atom. The number of methoxy groups -OCH3 is 2. The first-order chi connectivity index (χ1) is 16.9. The normalized spacial score (nSPS) is 17.5. The molecule has 2 aliphatic heterocycles. The van der Waals surface area contributed by atoms with E-state index >= 15 is 0 Å². The summed E-state index contributed by atoms with van der Waals surface area (Å²) in [4.78, 5) is 40.3. The van der Waals surface area contributed by atoms with Gasteiger partial charge in [0.15, 0.2) is 0 Å². The Morgan fingerprint density at radius 3 is 2.37 bits per heavy atom. The van der Waals surface area contributed by atoms with Gasteiger partial charge in [0.1, 0.15) is 11.5 Å². The first-order valence-corrected chi connectivity index (χ1v) is 10.7. The van der Waals surface area contributed by atoms with Crippen LogP contribution in [0.1, 0.15) is 21.8 Å². The molecule has 4 N–H and O–H groups in total. The summed E-state index contributed by atoms with van der Waals surface area (Å²) in [5.74, 6) is -3.04. The van der Waals surface area contributed by atoms with E-state index in [4.69, 9.17) is 15.2 Å². The van der Waals surface area contributed by atoms with E-state index in [-0.39, 0.29) is 28.6 Å². The maximum atomic E-state index is 13.2. The van der Waals surface area contributed by atoms with Crippen molar-refractivity contribution < 1.29 is 23.9 Å². The third-order valence-electron chi connectivity index (χ3n) is 5.85. The Kier molecular flexibility index (Phi) is 6.42. The monoisotopic (exact) mass is 473 g/mol. The fourth-order valence-electron chi connectivity index (χ4n) is 4.32. The van der Waals surface area contributed by atoms with E-state index < -0.39 is 17.9 Å². The van der Waals surface area contributed by atoms with Gasteiger partial charge in [-0.2, -0.15) is 5.26 Å². The zero-order valence-electron chi connectivity index (χ0n) is 19.1. The number of para-hydroxylation sites is 1. The Labute approximate surface area is 201 Å². The summed E-state index contributed by atoms with van der Waals surface area (Å²) in [5.41, 5.74) is 7.87. The van der Waals surface area contributed by atoms with E-state index in [2.05, 4.69) is 16.7 Å². The van der Waals surface area contributed by atoms with Crippen molar-refractivity contribution in [1.29, 1.82) is 5.26 Å². The van der Waals surface area contributed by atoms with Crippen molar-refractivity contribution in [3.63, 3.8) is 0 Å². The first-order valence-electron chi connectivity index (χ1n) is 10.7. The van der Waals surface area contributed by atoms with Gasteiger partial charge in [-0.15, -0.1) is 0 Å². The van der Waals surface area contributed by atoms with Crippen molar-refractivity contribution in [3.05, 3.63) is 82.3 Å². The molecule has 1 amide bonds. The molecule has 0 saturated carbocycles. The largest absolute Gasteiger partial charge is 0.466 e.